The lowest BCUT2D eigenvalue weighted by molar-refractivity contribution is 0.0601. The van der Waals surface area contributed by atoms with Gasteiger partial charge in [-0.05, 0) is 55.7 Å². The van der Waals surface area contributed by atoms with E-state index in [1.54, 1.807) is 35.8 Å². The van der Waals surface area contributed by atoms with Gasteiger partial charge in [0.1, 0.15) is 11.7 Å². The normalized spacial score (nSPS) is 14.6. The van der Waals surface area contributed by atoms with Gasteiger partial charge in [0.15, 0.2) is 0 Å². The maximum atomic E-state index is 14.3. The SMILES string of the molecule is COC(=O)c1cc(-c2ccc(S(=O)(=O)NC3CC3)cc2)c2nc(C)n(CC(F)=CCN)c2c1. The second kappa shape index (κ2) is 9.05. The number of halogens is 1. The highest BCUT2D eigenvalue weighted by molar-refractivity contribution is 7.89. The number of rotatable bonds is 8. The standard InChI is InChI=1S/C23H25FN4O4S/c1-14-26-22-20(15-3-7-19(8-4-15)33(30,31)27-18-5-6-18)11-16(23(29)32-2)12-21(22)28(14)13-17(24)9-10-25/h3-4,7-9,11-12,18,27H,5-6,10,13,25H2,1-2H3. The zero-order valence-electron chi connectivity index (χ0n) is 18.3. The number of ether oxygens (including phenoxy) is 1. The van der Waals surface area contributed by atoms with E-state index in [1.807, 2.05) is 0 Å². The third-order valence-corrected chi connectivity index (χ3v) is 7.03. The number of methoxy groups -OCH3 is 1. The molecule has 0 atom stereocenters. The van der Waals surface area contributed by atoms with Crippen LogP contribution in [-0.2, 0) is 21.3 Å². The van der Waals surface area contributed by atoms with E-state index in [4.69, 9.17) is 10.5 Å². The zero-order chi connectivity index (χ0) is 23.8. The summed E-state index contributed by atoms with van der Waals surface area (Å²) < 4.78 is 48.4. The van der Waals surface area contributed by atoms with E-state index < -0.39 is 21.8 Å². The topological polar surface area (TPSA) is 116 Å². The Morgan fingerprint density at radius 2 is 2.00 bits per heavy atom. The third-order valence-electron chi connectivity index (χ3n) is 5.49. The summed E-state index contributed by atoms with van der Waals surface area (Å²) in [6, 6.07) is 9.63. The van der Waals surface area contributed by atoms with Crippen molar-refractivity contribution in [3.8, 4) is 11.1 Å². The van der Waals surface area contributed by atoms with Crippen LogP contribution >= 0.6 is 0 Å². The van der Waals surface area contributed by atoms with E-state index in [9.17, 15) is 17.6 Å². The summed E-state index contributed by atoms with van der Waals surface area (Å²) in [4.78, 5) is 17.1. The van der Waals surface area contributed by atoms with Crippen molar-refractivity contribution in [1.82, 2.24) is 14.3 Å². The van der Waals surface area contributed by atoms with Crippen LogP contribution in [0.25, 0.3) is 22.2 Å². The van der Waals surface area contributed by atoms with Crippen LogP contribution in [0.15, 0.2) is 53.2 Å². The maximum absolute atomic E-state index is 14.3. The summed E-state index contributed by atoms with van der Waals surface area (Å²) >= 11 is 0. The fourth-order valence-electron chi connectivity index (χ4n) is 3.64. The molecule has 2 aromatic carbocycles. The van der Waals surface area contributed by atoms with Crippen molar-refractivity contribution >= 4 is 27.0 Å². The number of hydrogen-bond donors (Lipinski definition) is 2. The van der Waals surface area contributed by atoms with E-state index in [0.717, 1.165) is 12.8 Å². The first kappa shape index (κ1) is 23.1. The maximum Gasteiger partial charge on any atom is 0.337 e. The second-order valence-electron chi connectivity index (χ2n) is 7.93. The number of carbonyl (C=O) groups is 1. The van der Waals surface area contributed by atoms with Crippen molar-refractivity contribution in [3.05, 3.63) is 59.7 Å². The number of esters is 1. The predicted molar refractivity (Wildman–Crippen MR) is 123 cm³/mol. The number of allylic oxidation sites excluding steroid dienone is 1. The zero-order valence-corrected chi connectivity index (χ0v) is 19.2. The van der Waals surface area contributed by atoms with Crippen LogP contribution in [0.3, 0.4) is 0 Å². The summed E-state index contributed by atoms with van der Waals surface area (Å²) in [5, 5.41) is 0. The molecule has 3 aromatic rings. The first-order valence-corrected chi connectivity index (χ1v) is 12.0. The van der Waals surface area contributed by atoms with Gasteiger partial charge in [0.05, 0.1) is 35.1 Å². The Kier molecular flexibility index (Phi) is 6.33. The monoisotopic (exact) mass is 472 g/mol. The molecular weight excluding hydrogens is 447 g/mol. The predicted octanol–water partition coefficient (Wildman–Crippen LogP) is 3.05. The minimum absolute atomic E-state index is 0.00620. The van der Waals surface area contributed by atoms with Gasteiger partial charge in [0.25, 0.3) is 0 Å². The molecule has 3 N–H and O–H groups in total. The van der Waals surface area contributed by atoms with Gasteiger partial charge in [-0.15, -0.1) is 0 Å². The number of aromatic nitrogens is 2. The molecule has 0 saturated heterocycles. The fraction of sp³-hybridized carbons (Fsp3) is 0.304. The van der Waals surface area contributed by atoms with Crippen molar-refractivity contribution in [2.24, 2.45) is 5.73 Å². The Morgan fingerprint density at radius 3 is 2.61 bits per heavy atom. The molecule has 0 amide bonds. The van der Waals surface area contributed by atoms with Crippen molar-refractivity contribution in [2.45, 2.75) is 37.2 Å². The number of sulfonamides is 1. The van der Waals surface area contributed by atoms with Crippen LogP contribution in [0.1, 0.15) is 29.0 Å². The molecule has 0 bridgehead atoms. The van der Waals surface area contributed by atoms with Gasteiger partial charge < -0.3 is 15.0 Å². The quantitative estimate of drug-likeness (QED) is 0.487. The highest BCUT2D eigenvalue weighted by Gasteiger charge is 2.28. The molecule has 8 nitrogen and oxygen atoms in total. The summed E-state index contributed by atoms with van der Waals surface area (Å²) in [7, 11) is -2.30. The Labute approximate surface area is 191 Å². The molecule has 33 heavy (non-hydrogen) atoms. The molecule has 10 heteroatoms. The fourth-order valence-corrected chi connectivity index (χ4v) is 4.94. The van der Waals surface area contributed by atoms with Crippen molar-refractivity contribution in [3.63, 3.8) is 0 Å². The van der Waals surface area contributed by atoms with Gasteiger partial charge in [-0.2, -0.15) is 0 Å². The molecule has 1 aromatic heterocycles. The Balaban J connectivity index is 1.82. The number of imidazole rings is 1. The van der Waals surface area contributed by atoms with Gasteiger partial charge in [-0.1, -0.05) is 12.1 Å². The Bertz CT molecular complexity index is 1340. The molecule has 1 aliphatic rings. The largest absolute Gasteiger partial charge is 0.465 e. The summed E-state index contributed by atoms with van der Waals surface area (Å²) in [5.41, 5.74) is 8.08. The smallest absolute Gasteiger partial charge is 0.337 e. The average molecular weight is 473 g/mol. The van der Waals surface area contributed by atoms with Gasteiger partial charge >= 0.3 is 5.97 Å². The van der Waals surface area contributed by atoms with Gasteiger partial charge in [0, 0.05) is 18.2 Å². The lowest BCUT2D eigenvalue weighted by atomic mass is 10.0. The Morgan fingerprint density at radius 1 is 1.30 bits per heavy atom. The molecule has 0 spiro atoms. The van der Waals surface area contributed by atoms with E-state index in [1.165, 1.54) is 25.3 Å². The van der Waals surface area contributed by atoms with Crippen LogP contribution in [0, 0.1) is 6.92 Å². The second-order valence-corrected chi connectivity index (χ2v) is 9.65. The number of carbonyl (C=O) groups excluding carboxylic acids is 1. The molecule has 1 fully saturated rings. The van der Waals surface area contributed by atoms with Gasteiger partial charge in [-0.3, -0.25) is 0 Å². The van der Waals surface area contributed by atoms with Crippen LogP contribution in [0.2, 0.25) is 0 Å². The average Bonchev–Trinajstić information content (AvgIpc) is 3.54. The summed E-state index contributed by atoms with van der Waals surface area (Å²) in [5.74, 6) is -0.404. The Hall–Kier alpha value is -3.08. The molecule has 1 saturated carbocycles. The van der Waals surface area contributed by atoms with Crippen LogP contribution in [-0.4, -0.2) is 43.6 Å². The molecule has 1 aliphatic carbocycles. The summed E-state index contributed by atoms with van der Waals surface area (Å²) in [6.45, 7) is 1.74. The number of nitrogens with zero attached hydrogens (tertiary/aromatic N) is 2. The lowest BCUT2D eigenvalue weighted by Gasteiger charge is -2.10. The van der Waals surface area contributed by atoms with E-state index >= 15 is 0 Å². The molecule has 0 aliphatic heterocycles. The van der Waals surface area contributed by atoms with Gasteiger partial charge in [0.2, 0.25) is 10.0 Å². The van der Waals surface area contributed by atoms with E-state index in [-0.39, 0.29) is 29.6 Å². The minimum Gasteiger partial charge on any atom is -0.465 e. The van der Waals surface area contributed by atoms with Crippen LogP contribution in [0.5, 0.6) is 0 Å². The molecular formula is C23H25FN4O4S. The highest BCUT2D eigenvalue weighted by Crippen LogP contribution is 2.32. The number of nitrogens with one attached hydrogen (secondary N) is 1. The van der Waals surface area contributed by atoms with Crippen LogP contribution < -0.4 is 10.5 Å². The third kappa shape index (κ3) is 4.82. The molecule has 174 valence electrons. The molecule has 1 heterocycles. The molecule has 0 unspecified atom stereocenters. The van der Waals surface area contributed by atoms with Crippen molar-refractivity contribution in [2.75, 3.05) is 13.7 Å². The van der Waals surface area contributed by atoms with E-state index in [2.05, 4.69) is 9.71 Å². The van der Waals surface area contributed by atoms with Crippen molar-refractivity contribution in [1.29, 1.82) is 0 Å². The van der Waals surface area contributed by atoms with Gasteiger partial charge in [-0.25, -0.2) is 27.3 Å². The number of hydrogen-bond acceptors (Lipinski definition) is 6. The summed E-state index contributed by atoms with van der Waals surface area (Å²) in [6.07, 6.45) is 2.97. The first-order valence-electron chi connectivity index (χ1n) is 10.5. The number of nitrogens with two attached hydrogens (primary N) is 1. The highest BCUT2D eigenvalue weighted by atomic mass is 32.2. The number of fused-ring (bicyclic) bond motifs is 1. The van der Waals surface area contributed by atoms with Crippen molar-refractivity contribution < 1.29 is 22.3 Å². The molecule has 4 rings (SSSR count). The minimum atomic E-state index is -3.59. The first-order chi connectivity index (χ1) is 15.7. The van der Waals surface area contributed by atoms with Crippen LogP contribution in [0.4, 0.5) is 4.39 Å². The lowest BCUT2D eigenvalue weighted by Crippen LogP contribution is -2.25. The number of aryl methyl sites for hydroxylation is 1. The molecule has 0 radical (unpaired) electrons. The number of benzene rings is 2. The van der Waals surface area contributed by atoms with E-state index in [0.29, 0.717) is 28.0 Å².